The molecule has 1 aromatic carbocycles. The Bertz CT molecular complexity index is 921. The van der Waals surface area contributed by atoms with E-state index in [-0.39, 0.29) is 5.89 Å². The van der Waals surface area contributed by atoms with E-state index in [2.05, 4.69) is 20.5 Å². The van der Waals surface area contributed by atoms with Crippen LogP contribution in [0, 0.1) is 0 Å². The molecule has 0 atom stereocenters. The van der Waals surface area contributed by atoms with Crippen LogP contribution >= 0.6 is 11.3 Å². The summed E-state index contributed by atoms with van der Waals surface area (Å²) in [6.07, 6.45) is 1.82. The SMILES string of the molecule is O=C(CS(=O)(=O)c1nnc(Cc2ccccc2)o1)Nc1nccs1. The molecule has 0 bridgehead atoms. The van der Waals surface area contributed by atoms with E-state index in [4.69, 9.17) is 4.42 Å². The van der Waals surface area contributed by atoms with Crippen molar-refractivity contribution in [2.45, 2.75) is 11.6 Å². The number of sulfone groups is 1. The lowest BCUT2D eigenvalue weighted by Crippen LogP contribution is -2.23. The predicted molar refractivity (Wildman–Crippen MR) is 86.3 cm³/mol. The van der Waals surface area contributed by atoms with Crippen LogP contribution < -0.4 is 5.32 Å². The third-order valence-corrected chi connectivity index (χ3v) is 4.94. The molecule has 24 heavy (non-hydrogen) atoms. The fourth-order valence-electron chi connectivity index (χ4n) is 1.88. The molecule has 3 rings (SSSR count). The lowest BCUT2D eigenvalue weighted by Gasteiger charge is -2.00. The van der Waals surface area contributed by atoms with Crippen molar-refractivity contribution in [1.29, 1.82) is 0 Å². The Morgan fingerprint density at radius 2 is 2.00 bits per heavy atom. The molecule has 3 aromatic rings. The van der Waals surface area contributed by atoms with Gasteiger partial charge in [-0.05, 0) is 5.56 Å². The van der Waals surface area contributed by atoms with Crippen LogP contribution in [-0.4, -0.2) is 35.3 Å². The van der Waals surface area contributed by atoms with Crippen molar-refractivity contribution in [2.75, 3.05) is 11.1 Å². The van der Waals surface area contributed by atoms with Gasteiger partial charge < -0.3 is 9.73 Å². The van der Waals surface area contributed by atoms with Crippen LogP contribution in [-0.2, 0) is 21.1 Å². The predicted octanol–water partition coefficient (Wildman–Crippen LogP) is 1.53. The first-order chi connectivity index (χ1) is 11.5. The molecule has 0 unspecified atom stereocenters. The standard InChI is InChI=1S/C14H12N4O4S2/c19-11(16-13-15-6-7-23-13)9-24(20,21)14-18-17-12(22-14)8-10-4-2-1-3-5-10/h1-7H,8-9H2,(H,15,16,19). The summed E-state index contributed by atoms with van der Waals surface area (Å²) in [4.78, 5) is 15.6. The van der Waals surface area contributed by atoms with Crippen LogP contribution in [0.3, 0.4) is 0 Å². The maximum absolute atomic E-state index is 12.2. The maximum atomic E-state index is 12.2. The molecule has 0 aliphatic carbocycles. The van der Waals surface area contributed by atoms with Gasteiger partial charge in [0.25, 0.3) is 0 Å². The molecule has 1 N–H and O–H groups in total. The van der Waals surface area contributed by atoms with Crippen LogP contribution in [0.2, 0.25) is 0 Å². The summed E-state index contributed by atoms with van der Waals surface area (Å²) in [6, 6.07) is 9.30. The van der Waals surface area contributed by atoms with Crippen molar-refractivity contribution in [3.63, 3.8) is 0 Å². The van der Waals surface area contributed by atoms with Gasteiger partial charge in [-0.3, -0.25) is 4.79 Å². The Balaban J connectivity index is 1.67. The lowest BCUT2D eigenvalue weighted by atomic mass is 10.2. The molecule has 8 nitrogen and oxygen atoms in total. The third-order valence-electron chi connectivity index (χ3n) is 2.91. The van der Waals surface area contributed by atoms with E-state index >= 15 is 0 Å². The van der Waals surface area contributed by atoms with Crippen molar-refractivity contribution in [2.24, 2.45) is 0 Å². The van der Waals surface area contributed by atoms with Crippen LogP contribution in [0.1, 0.15) is 11.5 Å². The quantitative estimate of drug-likeness (QED) is 0.705. The average Bonchev–Trinajstić information content (AvgIpc) is 3.20. The number of hydrogen-bond donors (Lipinski definition) is 1. The zero-order valence-corrected chi connectivity index (χ0v) is 13.9. The molecule has 2 aromatic heterocycles. The van der Waals surface area contributed by atoms with E-state index in [9.17, 15) is 13.2 Å². The molecule has 124 valence electrons. The summed E-state index contributed by atoms with van der Waals surface area (Å²) < 4.78 is 29.5. The summed E-state index contributed by atoms with van der Waals surface area (Å²) in [5, 5.41) is 11.1. The Hall–Kier alpha value is -2.59. The summed E-state index contributed by atoms with van der Waals surface area (Å²) in [5.74, 6) is -1.34. The molecule has 0 saturated heterocycles. The van der Waals surface area contributed by atoms with Crippen molar-refractivity contribution >= 4 is 32.2 Å². The van der Waals surface area contributed by atoms with Gasteiger partial charge in [0.1, 0.15) is 5.75 Å². The van der Waals surface area contributed by atoms with E-state index in [1.165, 1.54) is 17.5 Å². The van der Waals surface area contributed by atoms with Crippen molar-refractivity contribution in [1.82, 2.24) is 15.2 Å². The fraction of sp³-hybridized carbons (Fsp3) is 0.143. The Morgan fingerprint density at radius 1 is 1.21 bits per heavy atom. The van der Waals surface area contributed by atoms with Gasteiger partial charge in [-0.25, -0.2) is 13.4 Å². The van der Waals surface area contributed by atoms with E-state index < -0.39 is 26.7 Å². The van der Waals surface area contributed by atoms with Gasteiger partial charge in [0.2, 0.25) is 21.6 Å². The molecule has 1 amide bonds. The number of anilines is 1. The minimum atomic E-state index is -4.01. The highest BCUT2D eigenvalue weighted by molar-refractivity contribution is 7.91. The molecular formula is C14H12N4O4S2. The van der Waals surface area contributed by atoms with E-state index in [0.717, 1.165) is 5.56 Å². The number of nitrogens with one attached hydrogen (secondary N) is 1. The monoisotopic (exact) mass is 364 g/mol. The van der Waals surface area contributed by atoms with E-state index in [1.807, 2.05) is 30.3 Å². The van der Waals surface area contributed by atoms with Crippen molar-refractivity contribution in [3.05, 3.63) is 53.4 Å². The third kappa shape index (κ3) is 4.03. The molecule has 0 spiro atoms. The van der Waals surface area contributed by atoms with Gasteiger partial charge in [-0.1, -0.05) is 35.4 Å². The first-order valence-electron chi connectivity index (χ1n) is 6.81. The van der Waals surface area contributed by atoms with E-state index in [0.29, 0.717) is 11.6 Å². The summed E-state index contributed by atoms with van der Waals surface area (Å²) in [7, 11) is -4.01. The van der Waals surface area contributed by atoms with Crippen LogP contribution in [0.5, 0.6) is 0 Å². The van der Waals surface area contributed by atoms with Gasteiger partial charge in [0.05, 0.1) is 6.42 Å². The topological polar surface area (TPSA) is 115 Å². The lowest BCUT2D eigenvalue weighted by molar-refractivity contribution is -0.113. The zero-order chi connectivity index (χ0) is 17.0. The Kier molecular flexibility index (Phi) is 4.67. The van der Waals surface area contributed by atoms with Gasteiger partial charge in [-0.2, -0.15) is 0 Å². The molecule has 0 radical (unpaired) electrons. The summed E-state index contributed by atoms with van der Waals surface area (Å²) >= 11 is 1.19. The highest BCUT2D eigenvalue weighted by Gasteiger charge is 2.26. The van der Waals surface area contributed by atoms with Gasteiger partial charge in [0, 0.05) is 11.6 Å². The number of benzene rings is 1. The number of aromatic nitrogens is 3. The Labute approximate surface area is 141 Å². The first kappa shape index (κ1) is 16.3. The normalized spacial score (nSPS) is 11.3. The second-order valence-electron chi connectivity index (χ2n) is 4.77. The Morgan fingerprint density at radius 3 is 2.71 bits per heavy atom. The minimum absolute atomic E-state index is 0.167. The van der Waals surface area contributed by atoms with Gasteiger partial charge in [0.15, 0.2) is 5.13 Å². The number of rotatable bonds is 6. The molecule has 2 heterocycles. The number of nitrogens with zero attached hydrogens (tertiary/aromatic N) is 3. The summed E-state index contributed by atoms with van der Waals surface area (Å²) in [6.45, 7) is 0. The minimum Gasteiger partial charge on any atom is -0.412 e. The fourth-order valence-corrected chi connectivity index (χ4v) is 3.35. The smallest absolute Gasteiger partial charge is 0.336 e. The van der Waals surface area contributed by atoms with Gasteiger partial charge >= 0.3 is 5.22 Å². The number of carbonyl (C=O) groups excluding carboxylic acids is 1. The highest BCUT2D eigenvalue weighted by atomic mass is 32.2. The highest BCUT2D eigenvalue weighted by Crippen LogP contribution is 2.14. The van der Waals surface area contributed by atoms with E-state index in [1.54, 1.807) is 5.38 Å². The number of carbonyl (C=O) groups is 1. The summed E-state index contributed by atoms with van der Waals surface area (Å²) in [5.41, 5.74) is 0.909. The number of thiazole rings is 1. The van der Waals surface area contributed by atoms with Crippen molar-refractivity contribution < 1.29 is 17.6 Å². The second kappa shape index (κ2) is 6.89. The number of hydrogen-bond acceptors (Lipinski definition) is 8. The van der Waals surface area contributed by atoms with Crippen molar-refractivity contribution in [3.8, 4) is 0 Å². The molecule has 0 aliphatic rings. The molecule has 10 heteroatoms. The van der Waals surface area contributed by atoms with Crippen LogP contribution in [0.4, 0.5) is 5.13 Å². The van der Waals surface area contributed by atoms with Gasteiger partial charge in [-0.15, -0.1) is 16.4 Å². The van der Waals surface area contributed by atoms with Crippen LogP contribution in [0.25, 0.3) is 0 Å². The maximum Gasteiger partial charge on any atom is 0.336 e. The molecular weight excluding hydrogens is 352 g/mol. The second-order valence-corrected chi connectivity index (χ2v) is 7.53. The first-order valence-corrected chi connectivity index (χ1v) is 9.34. The molecule has 0 saturated carbocycles. The van der Waals surface area contributed by atoms with Crippen LogP contribution in [0.15, 0.2) is 51.5 Å². The largest absolute Gasteiger partial charge is 0.412 e. The molecule has 0 fully saturated rings. The average molecular weight is 364 g/mol. The number of amides is 1. The molecule has 0 aliphatic heterocycles. The zero-order valence-electron chi connectivity index (χ0n) is 12.2.